The molecule has 6 nitrogen and oxygen atoms in total. The van der Waals surface area contributed by atoms with Gasteiger partial charge in [0.1, 0.15) is 11.5 Å². The van der Waals surface area contributed by atoms with E-state index in [4.69, 9.17) is 15.2 Å². The lowest BCUT2D eigenvalue weighted by atomic mass is 10.1. The van der Waals surface area contributed by atoms with Crippen LogP contribution in [0.3, 0.4) is 0 Å². The van der Waals surface area contributed by atoms with Crippen molar-refractivity contribution < 1.29 is 19.4 Å². The minimum Gasteiger partial charge on any atom is -0.497 e. The molecule has 0 fully saturated rings. The summed E-state index contributed by atoms with van der Waals surface area (Å²) < 4.78 is 10.2. The second-order valence-electron chi connectivity index (χ2n) is 4.20. The number of amides is 1. The molecule has 0 saturated heterocycles. The third-order valence-corrected chi connectivity index (χ3v) is 2.64. The minimum absolute atomic E-state index is 0. The second kappa shape index (κ2) is 8.63. The van der Waals surface area contributed by atoms with Gasteiger partial charge in [-0.1, -0.05) is 0 Å². The Hall–Kier alpha value is -1.50. The molecule has 0 aromatic heterocycles. The number of carbonyl (C=O) groups is 1. The number of hydrogen-bond donors (Lipinski definition) is 3. The molecule has 0 aliphatic rings. The molecule has 0 aliphatic carbocycles. The van der Waals surface area contributed by atoms with Crippen molar-refractivity contribution in [1.29, 1.82) is 0 Å². The summed E-state index contributed by atoms with van der Waals surface area (Å²) in [7, 11) is 3.06. The average Bonchev–Trinajstić information content (AvgIpc) is 2.43. The Morgan fingerprint density at radius 1 is 1.30 bits per heavy atom. The van der Waals surface area contributed by atoms with E-state index in [0.29, 0.717) is 17.1 Å². The van der Waals surface area contributed by atoms with Gasteiger partial charge in [0.05, 0.1) is 26.4 Å². The first-order valence-corrected chi connectivity index (χ1v) is 5.92. The first kappa shape index (κ1) is 18.5. The van der Waals surface area contributed by atoms with Crippen molar-refractivity contribution in [3.8, 4) is 11.5 Å². The number of rotatable bonds is 6. The third kappa shape index (κ3) is 5.24. The number of hydrogen-bond acceptors (Lipinski definition) is 5. The average molecular weight is 305 g/mol. The summed E-state index contributed by atoms with van der Waals surface area (Å²) in [5, 5.41) is 12.6. The van der Waals surface area contributed by atoms with Gasteiger partial charge in [-0.3, -0.25) is 4.79 Å². The maximum Gasteiger partial charge on any atom is 0.236 e. The zero-order chi connectivity index (χ0) is 14.4. The van der Waals surface area contributed by atoms with Crippen molar-refractivity contribution in [2.24, 2.45) is 5.73 Å². The molecular formula is C13H21ClN2O4. The van der Waals surface area contributed by atoms with Crippen LogP contribution in [0.4, 0.5) is 0 Å². The molecule has 1 rings (SSSR count). The van der Waals surface area contributed by atoms with Crippen molar-refractivity contribution >= 4 is 18.3 Å². The zero-order valence-corrected chi connectivity index (χ0v) is 12.6. The van der Waals surface area contributed by atoms with Crippen LogP contribution in [0.2, 0.25) is 0 Å². The molecule has 0 radical (unpaired) electrons. The van der Waals surface area contributed by atoms with E-state index in [0.717, 1.165) is 0 Å². The summed E-state index contributed by atoms with van der Waals surface area (Å²) in [4.78, 5) is 11.3. The zero-order valence-electron chi connectivity index (χ0n) is 11.8. The van der Waals surface area contributed by atoms with Gasteiger partial charge in [-0.2, -0.15) is 0 Å². The molecule has 1 aromatic carbocycles. The van der Waals surface area contributed by atoms with Crippen molar-refractivity contribution in [3.63, 3.8) is 0 Å². The molecule has 2 atom stereocenters. The number of carbonyl (C=O) groups excluding carboxylic acids is 1. The Balaban J connectivity index is 0.00000361. The summed E-state index contributed by atoms with van der Waals surface area (Å²) in [6.45, 7) is 1.66. The van der Waals surface area contributed by atoms with Gasteiger partial charge < -0.3 is 25.6 Å². The fraction of sp³-hybridized carbons (Fsp3) is 0.462. The van der Waals surface area contributed by atoms with E-state index in [1.807, 2.05) is 0 Å². The summed E-state index contributed by atoms with van der Waals surface area (Å²) in [5.41, 5.74) is 6.02. The van der Waals surface area contributed by atoms with Gasteiger partial charge in [0.25, 0.3) is 0 Å². The summed E-state index contributed by atoms with van der Waals surface area (Å²) in [6, 6.07) is 4.47. The molecule has 114 valence electrons. The Kier molecular flexibility index (Phi) is 7.98. The molecule has 0 aliphatic heterocycles. The Bertz CT molecular complexity index is 418. The van der Waals surface area contributed by atoms with Crippen molar-refractivity contribution in [3.05, 3.63) is 23.8 Å². The first-order chi connectivity index (χ1) is 8.97. The van der Waals surface area contributed by atoms with Crippen LogP contribution in [0, 0.1) is 0 Å². The van der Waals surface area contributed by atoms with Crippen LogP contribution in [-0.2, 0) is 4.79 Å². The fourth-order valence-electron chi connectivity index (χ4n) is 1.50. The lowest BCUT2D eigenvalue weighted by molar-refractivity contribution is -0.122. The summed E-state index contributed by atoms with van der Waals surface area (Å²) in [5.74, 6) is 0.841. The van der Waals surface area contributed by atoms with Gasteiger partial charge in [0, 0.05) is 12.6 Å². The number of methoxy groups -OCH3 is 2. The highest BCUT2D eigenvalue weighted by molar-refractivity contribution is 5.85. The fourth-order valence-corrected chi connectivity index (χ4v) is 1.50. The van der Waals surface area contributed by atoms with E-state index in [2.05, 4.69) is 5.32 Å². The van der Waals surface area contributed by atoms with Crippen LogP contribution >= 0.6 is 12.4 Å². The molecule has 1 aromatic rings. The number of halogens is 1. The molecule has 20 heavy (non-hydrogen) atoms. The number of nitrogens with one attached hydrogen (secondary N) is 1. The summed E-state index contributed by atoms with van der Waals surface area (Å²) >= 11 is 0. The van der Waals surface area contributed by atoms with Gasteiger partial charge >= 0.3 is 0 Å². The van der Waals surface area contributed by atoms with Gasteiger partial charge in [-0.05, 0) is 24.6 Å². The van der Waals surface area contributed by atoms with E-state index in [-0.39, 0.29) is 24.9 Å². The molecule has 0 heterocycles. The van der Waals surface area contributed by atoms with Crippen LogP contribution < -0.4 is 20.5 Å². The molecule has 0 spiro atoms. The largest absolute Gasteiger partial charge is 0.497 e. The van der Waals surface area contributed by atoms with E-state index < -0.39 is 12.1 Å². The number of aliphatic hydroxyl groups is 1. The maximum atomic E-state index is 11.3. The molecule has 7 heteroatoms. The molecule has 0 bridgehead atoms. The van der Waals surface area contributed by atoms with Crippen LogP contribution in [0.1, 0.15) is 18.6 Å². The maximum absolute atomic E-state index is 11.3. The van der Waals surface area contributed by atoms with E-state index in [9.17, 15) is 9.90 Å². The molecular weight excluding hydrogens is 284 g/mol. The predicted molar refractivity (Wildman–Crippen MR) is 78.4 cm³/mol. The monoisotopic (exact) mass is 304 g/mol. The van der Waals surface area contributed by atoms with Gasteiger partial charge in [-0.15, -0.1) is 12.4 Å². The smallest absolute Gasteiger partial charge is 0.236 e. The standard InChI is InChI=1S/C13H20N2O4.ClH/c1-8(14)13(17)15-7-12(16)9-4-10(18-2)6-11(5-9)19-3;/h4-6,8,12,16H,7,14H2,1-3H3,(H,15,17);1H/t8-,12?;/m1./s1. The van der Waals surface area contributed by atoms with Crippen LogP contribution in [0.5, 0.6) is 11.5 Å². The second-order valence-corrected chi connectivity index (χ2v) is 4.20. The van der Waals surface area contributed by atoms with Gasteiger partial charge in [-0.25, -0.2) is 0 Å². The lowest BCUT2D eigenvalue weighted by Gasteiger charge is -2.15. The van der Waals surface area contributed by atoms with E-state index >= 15 is 0 Å². The highest BCUT2D eigenvalue weighted by Crippen LogP contribution is 2.26. The number of nitrogens with two attached hydrogens (primary N) is 1. The van der Waals surface area contributed by atoms with Crippen molar-refractivity contribution in [1.82, 2.24) is 5.32 Å². The van der Waals surface area contributed by atoms with Crippen molar-refractivity contribution in [2.45, 2.75) is 19.1 Å². The van der Waals surface area contributed by atoms with Crippen molar-refractivity contribution in [2.75, 3.05) is 20.8 Å². The van der Waals surface area contributed by atoms with Gasteiger partial charge in [0.2, 0.25) is 5.91 Å². The van der Waals surface area contributed by atoms with Gasteiger partial charge in [0.15, 0.2) is 0 Å². The predicted octanol–water partition coefficient (Wildman–Crippen LogP) is 0.622. The van der Waals surface area contributed by atoms with Crippen LogP contribution in [0.15, 0.2) is 18.2 Å². The summed E-state index contributed by atoms with van der Waals surface area (Å²) in [6.07, 6.45) is -0.855. The Labute approximate surface area is 124 Å². The molecule has 4 N–H and O–H groups in total. The molecule has 1 amide bonds. The Morgan fingerprint density at radius 2 is 1.80 bits per heavy atom. The quantitative estimate of drug-likeness (QED) is 0.716. The van der Waals surface area contributed by atoms with E-state index in [1.165, 1.54) is 14.2 Å². The molecule has 0 saturated carbocycles. The molecule has 1 unspecified atom stereocenters. The minimum atomic E-state index is -0.855. The lowest BCUT2D eigenvalue weighted by Crippen LogP contribution is -2.40. The van der Waals surface area contributed by atoms with Crippen LogP contribution in [0.25, 0.3) is 0 Å². The topological polar surface area (TPSA) is 93.8 Å². The highest BCUT2D eigenvalue weighted by Gasteiger charge is 2.13. The highest BCUT2D eigenvalue weighted by atomic mass is 35.5. The number of aliphatic hydroxyl groups excluding tert-OH is 1. The van der Waals surface area contributed by atoms with E-state index in [1.54, 1.807) is 25.1 Å². The number of benzene rings is 1. The number of ether oxygens (including phenoxy) is 2. The SMILES string of the molecule is COc1cc(OC)cc(C(O)CNC(=O)[C@@H](C)N)c1.Cl. The third-order valence-electron chi connectivity index (χ3n) is 2.64. The first-order valence-electron chi connectivity index (χ1n) is 5.92. The normalized spacial score (nSPS) is 12.8. The van der Waals surface area contributed by atoms with Crippen LogP contribution in [-0.4, -0.2) is 37.8 Å². The Morgan fingerprint density at radius 3 is 2.20 bits per heavy atom.